The number of aromatic nitrogens is 4. The fraction of sp³-hybridized carbons (Fsp3) is 0.214. The monoisotopic (exact) mass is 318 g/mol. The fourth-order valence-corrected chi connectivity index (χ4v) is 2.57. The van der Waals surface area contributed by atoms with Gasteiger partial charge in [0.05, 0.1) is 13.7 Å². The second-order valence-electron chi connectivity index (χ2n) is 4.31. The molecule has 8 heteroatoms. The van der Waals surface area contributed by atoms with Gasteiger partial charge in [0, 0.05) is 11.6 Å². The SMILES string of the molecule is COc1ccccc1OCc1c(CO)nnn1-c1nccs1. The maximum atomic E-state index is 9.41. The molecule has 2 heterocycles. The topological polar surface area (TPSA) is 82.3 Å². The highest BCUT2D eigenvalue weighted by molar-refractivity contribution is 7.12. The average molecular weight is 318 g/mol. The number of aliphatic hydroxyl groups is 1. The van der Waals surface area contributed by atoms with E-state index >= 15 is 0 Å². The van der Waals surface area contributed by atoms with Crippen LogP contribution in [0.5, 0.6) is 11.5 Å². The lowest BCUT2D eigenvalue weighted by atomic mass is 10.3. The van der Waals surface area contributed by atoms with Gasteiger partial charge in [-0.05, 0) is 12.1 Å². The summed E-state index contributed by atoms with van der Waals surface area (Å²) in [7, 11) is 1.59. The summed E-state index contributed by atoms with van der Waals surface area (Å²) in [6.07, 6.45) is 1.69. The Bertz CT molecular complexity index is 742. The van der Waals surface area contributed by atoms with Crippen molar-refractivity contribution in [3.8, 4) is 16.6 Å². The van der Waals surface area contributed by atoms with E-state index in [9.17, 15) is 5.11 Å². The second-order valence-corrected chi connectivity index (χ2v) is 5.18. The number of para-hydroxylation sites is 2. The molecule has 0 saturated heterocycles. The highest BCUT2D eigenvalue weighted by Crippen LogP contribution is 2.27. The molecule has 0 bridgehead atoms. The van der Waals surface area contributed by atoms with Crippen molar-refractivity contribution in [1.29, 1.82) is 0 Å². The Hall–Kier alpha value is -2.45. The number of hydrogen-bond acceptors (Lipinski definition) is 7. The normalized spacial score (nSPS) is 10.6. The van der Waals surface area contributed by atoms with E-state index < -0.39 is 0 Å². The summed E-state index contributed by atoms with van der Waals surface area (Å²) in [5.74, 6) is 1.25. The highest BCUT2D eigenvalue weighted by atomic mass is 32.1. The first-order valence-corrected chi connectivity index (χ1v) is 7.41. The number of thiazole rings is 1. The first-order chi connectivity index (χ1) is 10.8. The van der Waals surface area contributed by atoms with E-state index in [0.29, 0.717) is 28.0 Å². The van der Waals surface area contributed by atoms with E-state index in [0.717, 1.165) is 0 Å². The van der Waals surface area contributed by atoms with Crippen LogP contribution < -0.4 is 9.47 Å². The molecule has 0 saturated carbocycles. The zero-order valence-electron chi connectivity index (χ0n) is 11.8. The number of hydrogen-bond donors (Lipinski definition) is 1. The van der Waals surface area contributed by atoms with Crippen molar-refractivity contribution in [1.82, 2.24) is 20.0 Å². The van der Waals surface area contributed by atoms with E-state index in [1.165, 1.54) is 11.3 Å². The predicted octanol–water partition coefficient (Wildman–Crippen LogP) is 1.80. The number of ether oxygens (including phenoxy) is 2. The van der Waals surface area contributed by atoms with Crippen molar-refractivity contribution in [3.63, 3.8) is 0 Å². The van der Waals surface area contributed by atoms with Crippen LogP contribution in [0.2, 0.25) is 0 Å². The van der Waals surface area contributed by atoms with Crippen molar-refractivity contribution in [2.75, 3.05) is 7.11 Å². The van der Waals surface area contributed by atoms with Crippen LogP contribution in [0, 0.1) is 0 Å². The van der Waals surface area contributed by atoms with Crippen LogP contribution in [0.15, 0.2) is 35.8 Å². The third kappa shape index (κ3) is 2.78. The van der Waals surface area contributed by atoms with Crippen LogP contribution in [0.4, 0.5) is 0 Å². The minimum Gasteiger partial charge on any atom is -0.493 e. The lowest BCUT2D eigenvalue weighted by Crippen LogP contribution is -2.08. The zero-order chi connectivity index (χ0) is 15.4. The van der Waals surface area contributed by atoms with Gasteiger partial charge in [0.2, 0.25) is 5.13 Å². The molecule has 0 spiro atoms. The molecular formula is C14H14N4O3S. The van der Waals surface area contributed by atoms with Crippen molar-refractivity contribution in [2.24, 2.45) is 0 Å². The summed E-state index contributed by atoms with van der Waals surface area (Å²) in [4.78, 5) is 4.20. The minimum atomic E-state index is -0.212. The van der Waals surface area contributed by atoms with Crippen molar-refractivity contribution in [3.05, 3.63) is 47.2 Å². The average Bonchev–Trinajstić information content (AvgIpc) is 3.21. The van der Waals surface area contributed by atoms with Crippen molar-refractivity contribution < 1.29 is 14.6 Å². The summed E-state index contributed by atoms with van der Waals surface area (Å²) >= 11 is 1.43. The molecule has 3 rings (SSSR count). The Balaban J connectivity index is 1.87. The lowest BCUT2D eigenvalue weighted by molar-refractivity contribution is 0.257. The minimum absolute atomic E-state index is 0.197. The summed E-state index contributed by atoms with van der Waals surface area (Å²) in [5.41, 5.74) is 1.12. The molecule has 0 amide bonds. The van der Waals surface area contributed by atoms with Gasteiger partial charge in [0.25, 0.3) is 0 Å². The van der Waals surface area contributed by atoms with Gasteiger partial charge in [-0.15, -0.1) is 16.4 Å². The molecule has 0 atom stereocenters. The van der Waals surface area contributed by atoms with Crippen molar-refractivity contribution >= 4 is 11.3 Å². The predicted molar refractivity (Wildman–Crippen MR) is 80.3 cm³/mol. The Morgan fingerprint density at radius 1 is 1.27 bits per heavy atom. The summed E-state index contributed by atoms with van der Waals surface area (Å²) in [6.45, 7) is -0.0150. The molecular weight excluding hydrogens is 304 g/mol. The molecule has 1 aromatic carbocycles. The first kappa shape index (κ1) is 14.5. The van der Waals surface area contributed by atoms with Gasteiger partial charge >= 0.3 is 0 Å². The van der Waals surface area contributed by atoms with E-state index in [-0.39, 0.29) is 13.2 Å². The summed E-state index contributed by atoms with van der Waals surface area (Å²) < 4.78 is 12.6. The van der Waals surface area contributed by atoms with Crippen LogP contribution in [-0.4, -0.2) is 32.2 Å². The molecule has 22 heavy (non-hydrogen) atoms. The van der Waals surface area contributed by atoms with Crippen LogP contribution in [0.1, 0.15) is 11.4 Å². The molecule has 1 N–H and O–H groups in total. The molecule has 3 aromatic rings. The van der Waals surface area contributed by atoms with Crippen LogP contribution in [0.25, 0.3) is 5.13 Å². The van der Waals surface area contributed by atoms with E-state index in [2.05, 4.69) is 15.3 Å². The van der Waals surface area contributed by atoms with Gasteiger partial charge in [-0.25, -0.2) is 4.98 Å². The van der Waals surface area contributed by atoms with Gasteiger partial charge in [0.15, 0.2) is 11.5 Å². The molecule has 2 aromatic heterocycles. The Kier molecular flexibility index (Phi) is 4.31. The molecule has 0 aliphatic heterocycles. The van der Waals surface area contributed by atoms with E-state index in [1.54, 1.807) is 18.0 Å². The number of benzene rings is 1. The molecule has 114 valence electrons. The van der Waals surface area contributed by atoms with Gasteiger partial charge in [-0.2, -0.15) is 4.68 Å². The van der Waals surface area contributed by atoms with Gasteiger partial charge in [0.1, 0.15) is 18.0 Å². The molecule has 0 radical (unpaired) electrons. The first-order valence-electron chi connectivity index (χ1n) is 6.53. The molecule has 0 aliphatic rings. The van der Waals surface area contributed by atoms with Crippen LogP contribution in [-0.2, 0) is 13.2 Å². The molecule has 7 nitrogen and oxygen atoms in total. The zero-order valence-corrected chi connectivity index (χ0v) is 12.7. The van der Waals surface area contributed by atoms with E-state index in [4.69, 9.17) is 9.47 Å². The standard InChI is InChI=1S/C14H14N4O3S/c1-20-12-4-2-3-5-13(12)21-9-11-10(8-19)16-17-18(11)14-15-6-7-22-14/h2-7,19H,8-9H2,1H3. The van der Waals surface area contributed by atoms with Crippen molar-refractivity contribution in [2.45, 2.75) is 13.2 Å². The molecule has 0 fully saturated rings. The largest absolute Gasteiger partial charge is 0.493 e. The number of rotatable bonds is 6. The fourth-order valence-electron chi connectivity index (χ4n) is 1.96. The summed E-state index contributed by atoms with van der Waals surface area (Å²) in [5, 5.41) is 19.9. The summed E-state index contributed by atoms with van der Waals surface area (Å²) in [6, 6.07) is 7.36. The maximum absolute atomic E-state index is 9.41. The maximum Gasteiger partial charge on any atom is 0.212 e. The van der Waals surface area contributed by atoms with Gasteiger partial charge in [-0.3, -0.25) is 0 Å². The van der Waals surface area contributed by atoms with Crippen LogP contribution in [0.3, 0.4) is 0 Å². The highest BCUT2D eigenvalue weighted by Gasteiger charge is 2.16. The van der Waals surface area contributed by atoms with Crippen LogP contribution >= 0.6 is 11.3 Å². The Morgan fingerprint density at radius 3 is 2.77 bits per heavy atom. The smallest absolute Gasteiger partial charge is 0.212 e. The number of methoxy groups -OCH3 is 1. The quantitative estimate of drug-likeness (QED) is 0.746. The lowest BCUT2D eigenvalue weighted by Gasteiger charge is -2.11. The Morgan fingerprint density at radius 2 is 2.09 bits per heavy atom. The molecule has 0 aliphatic carbocycles. The van der Waals surface area contributed by atoms with Gasteiger partial charge in [-0.1, -0.05) is 17.3 Å². The number of aliphatic hydroxyl groups excluding tert-OH is 1. The number of nitrogens with zero attached hydrogens (tertiary/aromatic N) is 4. The Labute approximate surface area is 130 Å². The molecule has 0 unspecified atom stereocenters. The van der Waals surface area contributed by atoms with Gasteiger partial charge < -0.3 is 14.6 Å². The third-order valence-corrected chi connectivity index (χ3v) is 3.77. The second kappa shape index (κ2) is 6.54. The third-order valence-electron chi connectivity index (χ3n) is 3.03. The van der Waals surface area contributed by atoms with E-state index in [1.807, 2.05) is 29.6 Å².